The summed E-state index contributed by atoms with van der Waals surface area (Å²) < 4.78 is 34.6. The van der Waals surface area contributed by atoms with Crippen molar-refractivity contribution in [2.24, 2.45) is 5.16 Å². The average Bonchev–Trinajstić information content (AvgIpc) is 3.12. The molecular weight excluding hydrogens is 442 g/mol. The van der Waals surface area contributed by atoms with Crippen molar-refractivity contribution >= 4 is 11.4 Å². The van der Waals surface area contributed by atoms with Gasteiger partial charge >= 0.3 is 0 Å². The van der Waals surface area contributed by atoms with Crippen molar-refractivity contribution < 1.29 is 18.4 Å². The summed E-state index contributed by atoms with van der Waals surface area (Å²) in [7, 11) is 1.56. The normalized spacial score (nSPS) is 17.9. The summed E-state index contributed by atoms with van der Waals surface area (Å²) in [6.45, 7) is 2.98. The largest absolute Gasteiger partial charge is 0.478 e. The summed E-state index contributed by atoms with van der Waals surface area (Å²) in [5, 5.41) is 4.25. The highest BCUT2D eigenvalue weighted by molar-refractivity contribution is 5.99. The van der Waals surface area contributed by atoms with Crippen molar-refractivity contribution in [1.82, 2.24) is 24.4 Å². The topological polar surface area (TPSA) is 77.7 Å². The molecule has 0 spiro atoms. The third kappa shape index (κ3) is 4.48. The van der Waals surface area contributed by atoms with Crippen LogP contribution in [0.15, 0.2) is 48.2 Å². The van der Waals surface area contributed by atoms with Crippen LogP contribution in [0.4, 0.5) is 8.78 Å². The number of fused-ring (bicyclic) bond motifs is 1. The summed E-state index contributed by atoms with van der Waals surface area (Å²) in [6, 6.07) is 3.51. The van der Waals surface area contributed by atoms with Crippen LogP contribution in [0.1, 0.15) is 29.8 Å². The van der Waals surface area contributed by atoms with Crippen LogP contribution in [-0.2, 0) is 11.3 Å². The first-order chi connectivity index (χ1) is 16.5. The van der Waals surface area contributed by atoms with E-state index in [1.165, 1.54) is 12.1 Å². The van der Waals surface area contributed by atoms with Gasteiger partial charge in [-0.05, 0) is 55.5 Å². The minimum Gasteiger partial charge on any atom is -0.478 e. The van der Waals surface area contributed by atoms with E-state index in [0.29, 0.717) is 41.8 Å². The van der Waals surface area contributed by atoms with E-state index in [9.17, 15) is 8.78 Å². The van der Waals surface area contributed by atoms with Crippen LogP contribution in [0.5, 0.6) is 5.88 Å². The van der Waals surface area contributed by atoms with Crippen LogP contribution >= 0.6 is 0 Å². The number of hydrogen-bond donors (Lipinski definition) is 0. The molecule has 2 aliphatic heterocycles. The highest BCUT2D eigenvalue weighted by Gasteiger charge is 2.29. The number of amidine groups is 1. The molecule has 5 rings (SSSR count). The van der Waals surface area contributed by atoms with E-state index in [0.717, 1.165) is 36.7 Å². The van der Waals surface area contributed by atoms with E-state index < -0.39 is 11.6 Å². The van der Waals surface area contributed by atoms with Crippen LogP contribution < -0.4 is 4.74 Å². The van der Waals surface area contributed by atoms with Crippen LogP contribution in [0.25, 0.3) is 11.4 Å². The summed E-state index contributed by atoms with van der Waals surface area (Å²) in [5.41, 5.74) is 3.10. The number of ether oxygens (including phenoxy) is 1. The van der Waals surface area contributed by atoms with Gasteiger partial charge in [0, 0.05) is 18.8 Å². The fourth-order valence-corrected chi connectivity index (χ4v) is 4.34. The van der Waals surface area contributed by atoms with Gasteiger partial charge in [0.1, 0.15) is 24.6 Å². The summed E-state index contributed by atoms with van der Waals surface area (Å²) in [4.78, 5) is 21.1. The second-order valence-corrected chi connectivity index (χ2v) is 8.36. The molecule has 0 aliphatic carbocycles. The Labute approximate surface area is 195 Å². The van der Waals surface area contributed by atoms with Gasteiger partial charge in [-0.2, -0.15) is 0 Å². The third-order valence-corrected chi connectivity index (χ3v) is 5.90. The predicted molar refractivity (Wildman–Crippen MR) is 122 cm³/mol. The third-order valence-electron chi connectivity index (χ3n) is 5.90. The Kier molecular flexibility index (Phi) is 5.95. The first kappa shape index (κ1) is 22.0. The van der Waals surface area contributed by atoms with Gasteiger partial charge < -0.3 is 14.5 Å². The van der Waals surface area contributed by atoms with Crippen molar-refractivity contribution in [1.29, 1.82) is 0 Å². The van der Waals surface area contributed by atoms with Crippen LogP contribution in [0.3, 0.4) is 0 Å². The van der Waals surface area contributed by atoms with E-state index in [1.807, 2.05) is 19.2 Å². The number of benzene rings is 1. The second-order valence-electron chi connectivity index (χ2n) is 8.36. The molecule has 4 heterocycles. The van der Waals surface area contributed by atoms with Crippen molar-refractivity contribution in [3.63, 3.8) is 0 Å². The van der Waals surface area contributed by atoms with E-state index in [4.69, 9.17) is 9.57 Å². The molecule has 10 heteroatoms. The fourth-order valence-electron chi connectivity index (χ4n) is 4.34. The highest BCUT2D eigenvalue weighted by atomic mass is 19.1. The summed E-state index contributed by atoms with van der Waals surface area (Å²) in [6.07, 6.45) is 9.24. The van der Waals surface area contributed by atoms with Gasteiger partial charge in [0.25, 0.3) is 5.88 Å². The SMILES string of the molecule is COc1nc(C2=CC3=NOCC(Cc4cc(F)cc(F)c4)N3CCC2)cnc1-n1cnc(C)c1. The molecule has 1 atom stereocenters. The summed E-state index contributed by atoms with van der Waals surface area (Å²) in [5.74, 6) is 0.449. The van der Waals surface area contributed by atoms with E-state index in [1.54, 1.807) is 24.2 Å². The molecule has 0 saturated carbocycles. The van der Waals surface area contributed by atoms with Crippen LogP contribution in [0, 0.1) is 18.6 Å². The molecule has 1 unspecified atom stereocenters. The molecule has 0 radical (unpaired) electrons. The van der Waals surface area contributed by atoms with Crippen LogP contribution in [-0.4, -0.2) is 56.6 Å². The van der Waals surface area contributed by atoms with Gasteiger partial charge in [0.05, 0.1) is 30.7 Å². The molecule has 0 bridgehead atoms. The lowest BCUT2D eigenvalue weighted by Gasteiger charge is -2.34. The lowest BCUT2D eigenvalue weighted by Crippen LogP contribution is -2.46. The number of oxime groups is 1. The molecule has 8 nitrogen and oxygen atoms in total. The lowest BCUT2D eigenvalue weighted by molar-refractivity contribution is 0.0619. The molecule has 0 fully saturated rings. The maximum Gasteiger partial charge on any atom is 0.258 e. The Hall–Kier alpha value is -3.82. The second kappa shape index (κ2) is 9.20. The number of aromatic nitrogens is 4. The highest BCUT2D eigenvalue weighted by Crippen LogP contribution is 2.28. The summed E-state index contributed by atoms with van der Waals surface area (Å²) >= 11 is 0. The zero-order chi connectivity index (χ0) is 23.7. The van der Waals surface area contributed by atoms with Gasteiger partial charge in [-0.25, -0.2) is 23.7 Å². The maximum absolute atomic E-state index is 13.7. The molecule has 1 aromatic carbocycles. The predicted octanol–water partition coefficient (Wildman–Crippen LogP) is 3.69. The molecular formula is C24H24F2N6O2. The molecule has 2 aromatic heterocycles. The minimum absolute atomic E-state index is 0.0863. The zero-order valence-corrected chi connectivity index (χ0v) is 18.9. The number of aryl methyl sites for hydroxylation is 1. The fraction of sp³-hybridized carbons (Fsp3) is 0.333. The van der Waals surface area contributed by atoms with Crippen LogP contribution in [0.2, 0.25) is 0 Å². The molecule has 0 N–H and O–H groups in total. The molecule has 176 valence electrons. The number of hydrogen-bond acceptors (Lipinski definition) is 7. The van der Waals surface area contributed by atoms with Crippen molar-refractivity contribution in [2.45, 2.75) is 32.2 Å². The molecule has 2 aliphatic rings. The Morgan fingerprint density at radius 3 is 2.74 bits per heavy atom. The van der Waals surface area contributed by atoms with Gasteiger partial charge in [0.2, 0.25) is 5.82 Å². The van der Waals surface area contributed by atoms with Crippen molar-refractivity contribution in [2.75, 3.05) is 20.3 Å². The van der Waals surface area contributed by atoms with Gasteiger partial charge in [-0.1, -0.05) is 5.16 Å². The van der Waals surface area contributed by atoms with Gasteiger partial charge in [0.15, 0.2) is 5.84 Å². The Balaban J connectivity index is 1.41. The molecule has 0 saturated heterocycles. The number of allylic oxidation sites excluding steroid dienone is 1. The maximum atomic E-state index is 13.7. The van der Waals surface area contributed by atoms with Gasteiger partial charge in [-0.3, -0.25) is 4.57 Å². The van der Waals surface area contributed by atoms with Crippen molar-refractivity contribution in [3.8, 4) is 11.7 Å². The quantitative estimate of drug-likeness (QED) is 0.571. The monoisotopic (exact) mass is 466 g/mol. The molecule has 34 heavy (non-hydrogen) atoms. The number of rotatable bonds is 5. The number of imidazole rings is 1. The van der Waals surface area contributed by atoms with Gasteiger partial charge in [-0.15, -0.1) is 0 Å². The first-order valence-electron chi connectivity index (χ1n) is 11.0. The van der Waals surface area contributed by atoms with E-state index in [-0.39, 0.29) is 6.04 Å². The number of halogens is 2. The van der Waals surface area contributed by atoms with E-state index >= 15 is 0 Å². The first-order valence-corrected chi connectivity index (χ1v) is 11.0. The Bertz CT molecular complexity index is 1250. The standard InChI is InChI=1S/C24H24F2N6O2/c1-15-12-31(14-28-15)23-24(33-2)29-21(11-27-23)17-4-3-5-32-20(13-34-30-22(32)9-17)8-16-6-18(25)10-19(26)7-16/h6-7,9-12,14,20H,3-5,8,13H2,1-2H3. The Morgan fingerprint density at radius 1 is 1.18 bits per heavy atom. The molecule has 3 aromatic rings. The smallest absolute Gasteiger partial charge is 0.258 e. The Morgan fingerprint density at radius 2 is 2.00 bits per heavy atom. The number of nitrogens with zero attached hydrogens (tertiary/aromatic N) is 6. The minimum atomic E-state index is -0.583. The number of methoxy groups -OCH3 is 1. The zero-order valence-electron chi connectivity index (χ0n) is 18.9. The van der Waals surface area contributed by atoms with Crippen molar-refractivity contribution in [3.05, 3.63) is 71.6 Å². The van der Waals surface area contributed by atoms with E-state index in [2.05, 4.69) is 25.0 Å². The lowest BCUT2D eigenvalue weighted by atomic mass is 10.0. The molecule has 0 amide bonds. The average molecular weight is 466 g/mol.